The van der Waals surface area contributed by atoms with Gasteiger partial charge in [-0.1, -0.05) is 30.9 Å². The molecule has 0 aliphatic heterocycles. The Labute approximate surface area is 67.3 Å². The summed E-state index contributed by atoms with van der Waals surface area (Å²) >= 11 is 0. The van der Waals surface area contributed by atoms with Crippen molar-refractivity contribution in [3.05, 3.63) is 43.3 Å². The molecule has 0 aliphatic rings. The minimum Gasteiger partial charge on any atom is -0.493 e. The molecule has 1 nitrogen and oxygen atoms in total. The van der Waals surface area contributed by atoms with Crippen molar-refractivity contribution in [3.63, 3.8) is 0 Å². The van der Waals surface area contributed by atoms with E-state index in [1.165, 1.54) is 0 Å². The van der Waals surface area contributed by atoms with E-state index in [1.54, 1.807) is 6.08 Å². The van der Waals surface area contributed by atoms with Crippen LogP contribution in [0.1, 0.15) is 5.56 Å². The Morgan fingerprint density at radius 2 is 2.09 bits per heavy atom. The molecule has 1 radical (unpaired) electrons. The summed E-state index contributed by atoms with van der Waals surface area (Å²) in [5.74, 6) is 0.845. The molecule has 1 aromatic carbocycles. The Morgan fingerprint density at radius 3 is 2.73 bits per heavy atom. The first-order chi connectivity index (χ1) is 5.38. The summed E-state index contributed by atoms with van der Waals surface area (Å²) in [7, 11) is 0. The van der Waals surface area contributed by atoms with Crippen LogP contribution >= 0.6 is 0 Å². The molecule has 0 N–H and O–H groups in total. The lowest BCUT2D eigenvalue weighted by atomic mass is 10.2. The molecule has 0 saturated heterocycles. The van der Waals surface area contributed by atoms with Gasteiger partial charge in [0.2, 0.25) is 0 Å². The van der Waals surface area contributed by atoms with Gasteiger partial charge in [-0.25, -0.2) is 0 Å². The summed E-state index contributed by atoms with van der Waals surface area (Å²) < 4.78 is 5.25. The summed E-state index contributed by atoms with van der Waals surface area (Å²) in [6.45, 7) is 7.72. The Balaban J connectivity index is 2.92. The Hall–Kier alpha value is -1.24. The molecule has 0 saturated carbocycles. The SMILES string of the molecule is [CH2]COc1ccccc1C=C. The predicted octanol–water partition coefficient (Wildman–Crippen LogP) is 2.54. The van der Waals surface area contributed by atoms with Crippen molar-refractivity contribution < 1.29 is 4.74 Å². The summed E-state index contributed by atoms with van der Waals surface area (Å²) in [4.78, 5) is 0. The van der Waals surface area contributed by atoms with Gasteiger partial charge in [0.1, 0.15) is 5.75 Å². The Bertz CT molecular complexity index is 240. The maximum atomic E-state index is 5.25. The van der Waals surface area contributed by atoms with Crippen molar-refractivity contribution in [1.29, 1.82) is 0 Å². The molecule has 0 spiro atoms. The van der Waals surface area contributed by atoms with Gasteiger partial charge >= 0.3 is 0 Å². The minimum absolute atomic E-state index is 0.449. The van der Waals surface area contributed by atoms with Gasteiger partial charge in [0.15, 0.2) is 0 Å². The van der Waals surface area contributed by atoms with Crippen molar-refractivity contribution in [2.24, 2.45) is 0 Å². The lowest BCUT2D eigenvalue weighted by Gasteiger charge is -2.04. The number of ether oxygens (including phenoxy) is 1. The quantitative estimate of drug-likeness (QED) is 0.638. The highest BCUT2D eigenvalue weighted by Gasteiger charge is 1.95. The van der Waals surface area contributed by atoms with Gasteiger partial charge in [-0.2, -0.15) is 0 Å². The van der Waals surface area contributed by atoms with Crippen LogP contribution < -0.4 is 4.74 Å². The standard InChI is InChI=1S/C10H11O/c1-3-9-7-5-6-8-10(9)11-4-2/h3,5-8H,1-2,4H2. The molecular formula is C10H11O. The van der Waals surface area contributed by atoms with E-state index in [4.69, 9.17) is 4.74 Å². The fourth-order valence-electron chi connectivity index (χ4n) is 0.891. The zero-order chi connectivity index (χ0) is 8.10. The van der Waals surface area contributed by atoms with Crippen molar-refractivity contribution in [2.75, 3.05) is 6.61 Å². The molecule has 0 amide bonds. The molecule has 0 atom stereocenters. The summed E-state index contributed by atoms with van der Waals surface area (Å²) in [5, 5.41) is 0. The first kappa shape index (κ1) is 7.86. The molecule has 1 aromatic rings. The van der Waals surface area contributed by atoms with E-state index in [9.17, 15) is 0 Å². The van der Waals surface area contributed by atoms with Gasteiger partial charge in [0.05, 0.1) is 6.61 Å². The van der Waals surface area contributed by atoms with Crippen molar-refractivity contribution in [2.45, 2.75) is 0 Å². The fraction of sp³-hybridized carbons (Fsp3) is 0.100. The number of benzene rings is 1. The van der Waals surface area contributed by atoms with E-state index in [2.05, 4.69) is 13.5 Å². The topological polar surface area (TPSA) is 9.23 Å². The minimum atomic E-state index is 0.449. The smallest absolute Gasteiger partial charge is 0.126 e. The first-order valence-electron chi connectivity index (χ1n) is 3.52. The first-order valence-corrected chi connectivity index (χ1v) is 3.52. The van der Waals surface area contributed by atoms with Crippen LogP contribution in [0.25, 0.3) is 6.08 Å². The van der Waals surface area contributed by atoms with Crippen LogP contribution in [0.2, 0.25) is 0 Å². The zero-order valence-electron chi connectivity index (χ0n) is 6.42. The number of hydrogen-bond acceptors (Lipinski definition) is 1. The van der Waals surface area contributed by atoms with Gasteiger partial charge in [0.25, 0.3) is 0 Å². The van der Waals surface area contributed by atoms with E-state index < -0.39 is 0 Å². The second kappa shape index (κ2) is 3.81. The van der Waals surface area contributed by atoms with Gasteiger partial charge in [-0.15, -0.1) is 0 Å². The summed E-state index contributed by atoms with van der Waals surface area (Å²) in [6.07, 6.45) is 1.77. The molecule has 0 unspecified atom stereocenters. The van der Waals surface area contributed by atoms with Crippen LogP contribution in [0.4, 0.5) is 0 Å². The van der Waals surface area contributed by atoms with Gasteiger partial charge in [-0.3, -0.25) is 0 Å². The molecule has 0 aromatic heterocycles. The molecule has 0 aliphatic carbocycles. The van der Waals surface area contributed by atoms with E-state index >= 15 is 0 Å². The molecule has 0 bridgehead atoms. The summed E-state index contributed by atoms with van der Waals surface area (Å²) in [5.41, 5.74) is 1.01. The number of rotatable bonds is 3. The number of para-hydroxylation sites is 1. The third-order valence-corrected chi connectivity index (χ3v) is 1.40. The third kappa shape index (κ3) is 1.84. The molecular weight excluding hydrogens is 136 g/mol. The van der Waals surface area contributed by atoms with Gasteiger partial charge < -0.3 is 4.74 Å². The second-order valence-corrected chi connectivity index (χ2v) is 2.09. The van der Waals surface area contributed by atoms with Crippen LogP contribution in [0.15, 0.2) is 30.8 Å². The normalized spacial score (nSPS) is 9.18. The van der Waals surface area contributed by atoms with E-state index in [1.807, 2.05) is 24.3 Å². The van der Waals surface area contributed by atoms with E-state index in [0.29, 0.717) is 6.61 Å². The largest absolute Gasteiger partial charge is 0.493 e. The monoisotopic (exact) mass is 147 g/mol. The summed E-state index contributed by atoms with van der Waals surface area (Å²) in [6, 6.07) is 7.74. The molecule has 11 heavy (non-hydrogen) atoms. The third-order valence-electron chi connectivity index (χ3n) is 1.40. The maximum Gasteiger partial charge on any atom is 0.126 e. The van der Waals surface area contributed by atoms with Crippen molar-refractivity contribution in [3.8, 4) is 5.75 Å². The highest BCUT2D eigenvalue weighted by Crippen LogP contribution is 2.18. The zero-order valence-corrected chi connectivity index (χ0v) is 6.42. The van der Waals surface area contributed by atoms with Gasteiger partial charge in [0, 0.05) is 5.56 Å². The van der Waals surface area contributed by atoms with Crippen LogP contribution in [-0.4, -0.2) is 6.61 Å². The van der Waals surface area contributed by atoms with Crippen LogP contribution in [0, 0.1) is 6.92 Å². The van der Waals surface area contributed by atoms with Gasteiger partial charge in [-0.05, 0) is 13.0 Å². The fourth-order valence-corrected chi connectivity index (χ4v) is 0.891. The highest BCUT2D eigenvalue weighted by molar-refractivity contribution is 5.55. The molecule has 57 valence electrons. The van der Waals surface area contributed by atoms with Crippen LogP contribution in [0.5, 0.6) is 5.75 Å². The number of hydrogen-bond donors (Lipinski definition) is 0. The molecule has 0 fully saturated rings. The molecule has 1 heteroatoms. The Kier molecular flexibility index (Phi) is 2.73. The van der Waals surface area contributed by atoms with Crippen molar-refractivity contribution in [1.82, 2.24) is 0 Å². The Morgan fingerprint density at radius 1 is 1.36 bits per heavy atom. The lowest BCUT2D eigenvalue weighted by molar-refractivity contribution is 0.360. The lowest BCUT2D eigenvalue weighted by Crippen LogP contribution is -1.93. The average Bonchev–Trinajstić information content (AvgIpc) is 2.06. The van der Waals surface area contributed by atoms with E-state index in [0.717, 1.165) is 11.3 Å². The molecule has 1 rings (SSSR count). The second-order valence-electron chi connectivity index (χ2n) is 2.09. The van der Waals surface area contributed by atoms with Crippen LogP contribution in [-0.2, 0) is 0 Å². The highest BCUT2D eigenvalue weighted by atomic mass is 16.5. The predicted molar refractivity (Wildman–Crippen MR) is 47.4 cm³/mol. The average molecular weight is 147 g/mol. The maximum absolute atomic E-state index is 5.25. The molecule has 0 heterocycles. The van der Waals surface area contributed by atoms with Crippen molar-refractivity contribution >= 4 is 6.08 Å². The van der Waals surface area contributed by atoms with Crippen LogP contribution in [0.3, 0.4) is 0 Å². The van der Waals surface area contributed by atoms with E-state index in [-0.39, 0.29) is 0 Å².